The van der Waals surface area contributed by atoms with E-state index in [1.54, 1.807) is 13.8 Å². The van der Waals surface area contributed by atoms with E-state index in [4.69, 9.17) is 14.3 Å². The van der Waals surface area contributed by atoms with Crippen LogP contribution in [0.5, 0.6) is 0 Å². The Morgan fingerprint density at radius 2 is 1.89 bits per heavy atom. The zero-order valence-corrected chi connectivity index (χ0v) is 19.3. The molecule has 0 aliphatic carbocycles. The van der Waals surface area contributed by atoms with Gasteiger partial charge >= 0.3 is 0 Å². The lowest BCUT2D eigenvalue weighted by Crippen LogP contribution is -2.57. The summed E-state index contributed by atoms with van der Waals surface area (Å²) in [5, 5.41) is 42.8. The van der Waals surface area contributed by atoms with Crippen LogP contribution in [0.1, 0.15) is 32.7 Å². The predicted octanol–water partition coefficient (Wildman–Crippen LogP) is 1.34. The van der Waals surface area contributed by atoms with Crippen molar-refractivity contribution >= 4 is 5.71 Å². The second-order valence-electron chi connectivity index (χ2n) is 9.23. The van der Waals surface area contributed by atoms with Gasteiger partial charge in [0, 0.05) is 25.5 Å². The molecule has 35 heavy (non-hydrogen) atoms. The highest BCUT2D eigenvalue weighted by Gasteiger charge is 2.48. The van der Waals surface area contributed by atoms with Crippen LogP contribution in [-0.4, -0.2) is 85.9 Å². The molecular weight excluding hydrogens is 473 g/mol. The van der Waals surface area contributed by atoms with Crippen LogP contribution in [0, 0.1) is 17.5 Å². The summed E-state index contributed by atoms with van der Waals surface area (Å²) in [7, 11) is 1.41. The average molecular weight is 500 g/mol. The molecule has 0 spiro atoms. The van der Waals surface area contributed by atoms with Crippen LogP contribution in [-0.2, 0) is 14.3 Å². The van der Waals surface area contributed by atoms with E-state index in [1.807, 2.05) is 0 Å². The minimum absolute atomic E-state index is 0.0371. The van der Waals surface area contributed by atoms with Gasteiger partial charge in [-0.3, -0.25) is 0 Å². The summed E-state index contributed by atoms with van der Waals surface area (Å²) < 4.78 is 53.5. The Hall–Kier alpha value is -2.58. The highest BCUT2D eigenvalue weighted by Crippen LogP contribution is 2.35. The standard InChI is InChI=1S/C22H27F3N4O6/c1-22(2,32)17-7-11(27-35-17)6-15-21(33-3)19(20(31)16(9-30)34-15)29-8-14(26-28-29)10-4-12(23)18(25)13(24)5-10/h4-5,8,15-17,19-21,30-32H,6-7,9H2,1-3H3/t15-,16-,17?,19+,20+,21+/m1/s1. The van der Waals surface area contributed by atoms with Crippen molar-refractivity contribution in [1.29, 1.82) is 0 Å². The van der Waals surface area contributed by atoms with E-state index in [-0.39, 0.29) is 17.7 Å². The molecule has 1 unspecified atom stereocenters. The van der Waals surface area contributed by atoms with Crippen LogP contribution in [0.2, 0.25) is 0 Å². The fourth-order valence-electron chi connectivity index (χ4n) is 4.35. The van der Waals surface area contributed by atoms with Crippen LogP contribution in [0.4, 0.5) is 13.2 Å². The molecule has 2 aromatic rings. The molecule has 0 saturated carbocycles. The quantitative estimate of drug-likeness (QED) is 0.486. The number of methoxy groups -OCH3 is 1. The molecule has 13 heteroatoms. The van der Waals surface area contributed by atoms with Crippen molar-refractivity contribution in [2.45, 2.75) is 68.9 Å². The molecule has 1 aromatic carbocycles. The molecule has 1 aromatic heterocycles. The summed E-state index contributed by atoms with van der Waals surface area (Å²) in [4.78, 5) is 5.33. The molecule has 0 amide bonds. The van der Waals surface area contributed by atoms with E-state index in [2.05, 4.69) is 15.5 Å². The summed E-state index contributed by atoms with van der Waals surface area (Å²) in [6, 6.07) is 0.676. The van der Waals surface area contributed by atoms with Gasteiger partial charge in [-0.15, -0.1) is 5.10 Å². The number of hydrogen-bond donors (Lipinski definition) is 3. The van der Waals surface area contributed by atoms with Crippen molar-refractivity contribution in [3.05, 3.63) is 35.8 Å². The maximum atomic E-state index is 13.7. The Labute approximate surface area is 198 Å². The number of rotatable bonds is 7. The number of oxime groups is 1. The van der Waals surface area contributed by atoms with E-state index in [1.165, 1.54) is 18.0 Å². The largest absolute Gasteiger partial charge is 0.394 e. The number of aromatic nitrogens is 3. The molecule has 2 aliphatic rings. The van der Waals surface area contributed by atoms with Crippen LogP contribution in [0.3, 0.4) is 0 Å². The lowest BCUT2D eigenvalue weighted by atomic mass is 9.88. The second-order valence-corrected chi connectivity index (χ2v) is 9.23. The molecule has 0 radical (unpaired) electrons. The number of halogens is 3. The number of aliphatic hydroxyl groups is 3. The van der Waals surface area contributed by atoms with Crippen molar-refractivity contribution in [3.8, 4) is 11.3 Å². The Morgan fingerprint density at radius 1 is 1.20 bits per heavy atom. The zero-order valence-electron chi connectivity index (χ0n) is 19.3. The van der Waals surface area contributed by atoms with Gasteiger partial charge in [0.15, 0.2) is 23.6 Å². The molecule has 4 rings (SSSR count). The summed E-state index contributed by atoms with van der Waals surface area (Å²) >= 11 is 0. The van der Waals surface area contributed by atoms with Crippen LogP contribution < -0.4 is 0 Å². The van der Waals surface area contributed by atoms with Gasteiger partial charge in [-0.2, -0.15) is 0 Å². The third kappa shape index (κ3) is 5.05. The van der Waals surface area contributed by atoms with Crippen molar-refractivity contribution in [2.24, 2.45) is 5.16 Å². The minimum atomic E-state index is -1.60. The van der Waals surface area contributed by atoms with Gasteiger partial charge in [0.05, 0.1) is 30.2 Å². The number of aliphatic hydroxyl groups excluding tert-OH is 2. The van der Waals surface area contributed by atoms with Crippen molar-refractivity contribution in [3.63, 3.8) is 0 Å². The summed E-state index contributed by atoms with van der Waals surface area (Å²) in [5.74, 6) is -4.35. The van der Waals surface area contributed by atoms with E-state index in [0.29, 0.717) is 12.1 Å². The highest BCUT2D eigenvalue weighted by atomic mass is 19.2. The van der Waals surface area contributed by atoms with Gasteiger partial charge in [0.1, 0.15) is 30.0 Å². The van der Waals surface area contributed by atoms with Gasteiger partial charge in [0.25, 0.3) is 0 Å². The predicted molar refractivity (Wildman–Crippen MR) is 115 cm³/mol. The highest BCUT2D eigenvalue weighted by molar-refractivity contribution is 5.86. The molecule has 2 aliphatic heterocycles. The number of hydrogen-bond acceptors (Lipinski definition) is 9. The van der Waals surface area contributed by atoms with E-state index in [9.17, 15) is 28.5 Å². The molecule has 6 atom stereocenters. The number of ether oxygens (including phenoxy) is 2. The smallest absolute Gasteiger partial charge is 0.194 e. The lowest BCUT2D eigenvalue weighted by Gasteiger charge is -2.43. The first-order chi connectivity index (χ1) is 16.5. The number of nitrogens with zero attached hydrogens (tertiary/aromatic N) is 4. The van der Waals surface area contributed by atoms with Crippen molar-refractivity contribution in [1.82, 2.24) is 15.0 Å². The molecule has 0 bridgehead atoms. The van der Waals surface area contributed by atoms with Crippen LogP contribution in [0.25, 0.3) is 11.3 Å². The van der Waals surface area contributed by atoms with E-state index < -0.39 is 66.2 Å². The zero-order chi connectivity index (χ0) is 25.5. The van der Waals surface area contributed by atoms with E-state index in [0.717, 1.165) is 12.1 Å². The molecule has 192 valence electrons. The average Bonchev–Trinajstić information content (AvgIpc) is 3.47. The topological polar surface area (TPSA) is 131 Å². The first kappa shape index (κ1) is 25.5. The molecule has 1 fully saturated rings. The normalized spacial score (nSPS) is 29.2. The van der Waals surface area contributed by atoms with Gasteiger partial charge in [0.2, 0.25) is 0 Å². The Bertz CT molecular complexity index is 1070. The maximum Gasteiger partial charge on any atom is 0.194 e. The monoisotopic (exact) mass is 500 g/mol. The fourth-order valence-corrected chi connectivity index (χ4v) is 4.35. The first-order valence-electron chi connectivity index (χ1n) is 11.0. The third-order valence-corrected chi connectivity index (χ3v) is 6.29. The van der Waals surface area contributed by atoms with Gasteiger partial charge < -0.3 is 29.6 Å². The molecule has 3 N–H and O–H groups in total. The molecule has 3 heterocycles. The first-order valence-corrected chi connectivity index (χ1v) is 11.0. The summed E-state index contributed by atoms with van der Waals surface area (Å²) in [6.45, 7) is 2.72. The summed E-state index contributed by atoms with van der Waals surface area (Å²) in [6.07, 6.45) is -2.39. The molecular formula is C22H27F3N4O6. The lowest BCUT2D eigenvalue weighted by molar-refractivity contribution is -0.210. The molecule has 10 nitrogen and oxygen atoms in total. The second kappa shape index (κ2) is 9.82. The number of benzene rings is 1. The van der Waals surface area contributed by atoms with Crippen LogP contribution >= 0.6 is 0 Å². The Morgan fingerprint density at radius 3 is 2.46 bits per heavy atom. The maximum absolute atomic E-state index is 13.7. The Kier molecular flexibility index (Phi) is 7.16. The molecule has 1 saturated heterocycles. The third-order valence-electron chi connectivity index (χ3n) is 6.29. The fraction of sp³-hybridized carbons (Fsp3) is 0.591. The summed E-state index contributed by atoms with van der Waals surface area (Å²) in [5.41, 5.74) is -0.515. The van der Waals surface area contributed by atoms with E-state index >= 15 is 0 Å². The van der Waals surface area contributed by atoms with Crippen molar-refractivity contribution in [2.75, 3.05) is 13.7 Å². The Balaban J connectivity index is 1.60. The van der Waals surface area contributed by atoms with Crippen molar-refractivity contribution < 1.29 is 42.8 Å². The minimum Gasteiger partial charge on any atom is -0.394 e. The SMILES string of the molecule is CO[C@@H]1[C@@H](n2cc(-c3cc(F)c(F)c(F)c3)nn2)[C@@H](O)[C@@H](CO)O[C@@H]1CC1=NOC(C(C)(C)O)C1. The van der Waals surface area contributed by atoms with Gasteiger partial charge in [-0.05, 0) is 26.0 Å². The van der Waals surface area contributed by atoms with Gasteiger partial charge in [-0.25, -0.2) is 17.9 Å². The van der Waals surface area contributed by atoms with Crippen LogP contribution in [0.15, 0.2) is 23.5 Å². The van der Waals surface area contributed by atoms with Gasteiger partial charge in [-0.1, -0.05) is 10.4 Å².